The van der Waals surface area contributed by atoms with Gasteiger partial charge in [0.1, 0.15) is 24.9 Å². The molecule has 2 fully saturated rings. The Hall–Kier alpha value is -1.58. The predicted octanol–water partition coefficient (Wildman–Crippen LogP) is 5.71. The first-order chi connectivity index (χ1) is 17.1. The van der Waals surface area contributed by atoms with Crippen LogP contribution in [0.3, 0.4) is 0 Å². The molecular weight excluding hydrogens is 472 g/mol. The van der Waals surface area contributed by atoms with Crippen LogP contribution in [0.1, 0.15) is 38.8 Å². The van der Waals surface area contributed by atoms with Crippen molar-refractivity contribution in [2.45, 2.75) is 89.2 Å². The summed E-state index contributed by atoms with van der Waals surface area (Å²) in [6, 6.07) is 20.3. The van der Waals surface area contributed by atoms with E-state index in [4.69, 9.17) is 28.1 Å². The molecule has 5 atom stereocenters. The van der Waals surface area contributed by atoms with Crippen LogP contribution in [0, 0.1) is 0 Å². The van der Waals surface area contributed by atoms with Crippen LogP contribution in [0.15, 0.2) is 60.7 Å². The van der Waals surface area contributed by atoms with Crippen LogP contribution in [0.2, 0.25) is 18.1 Å². The van der Waals surface area contributed by atoms with Gasteiger partial charge in [0.05, 0.1) is 32.5 Å². The van der Waals surface area contributed by atoms with Gasteiger partial charge in [-0.15, -0.1) is 0 Å². The van der Waals surface area contributed by atoms with Gasteiger partial charge in [0.2, 0.25) is 5.79 Å². The molecule has 4 rings (SSSR count). The Morgan fingerprint density at radius 3 is 2.03 bits per heavy atom. The van der Waals surface area contributed by atoms with Crippen LogP contribution in [-0.2, 0) is 41.3 Å². The molecule has 2 aliphatic heterocycles. The van der Waals surface area contributed by atoms with E-state index in [1.54, 1.807) is 0 Å². The SMILES string of the molecule is CC1CO[C@]2(CO1)O[C@H](CO[Si](C)(C)C(C)(C)C)[C@@H](OCc1ccccc1)[C@@H]2OCc1ccccc1. The summed E-state index contributed by atoms with van der Waals surface area (Å²) in [5.74, 6) is -1.04. The molecule has 0 bridgehead atoms. The highest BCUT2D eigenvalue weighted by atomic mass is 28.4. The summed E-state index contributed by atoms with van der Waals surface area (Å²) in [5.41, 5.74) is 2.18. The van der Waals surface area contributed by atoms with Crippen molar-refractivity contribution < 1.29 is 28.1 Å². The van der Waals surface area contributed by atoms with Gasteiger partial charge >= 0.3 is 0 Å². The first-order valence-electron chi connectivity index (χ1n) is 13.0. The van der Waals surface area contributed by atoms with Crippen LogP contribution in [0.5, 0.6) is 0 Å². The molecule has 36 heavy (non-hydrogen) atoms. The fraction of sp³-hybridized carbons (Fsp3) is 0.586. The van der Waals surface area contributed by atoms with Gasteiger partial charge in [0, 0.05) is 0 Å². The third-order valence-corrected chi connectivity index (χ3v) is 12.1. The molecule has 2 aromatic carbocycles. The summed E-state index contributed by atoms with van der Waals surface area (Å²) in [6.07, 6.45) is -1.20. The second-order valence-electron chi connectivity index (χ2n) is 11.5. The Labute approximate surface area is 217 Å². The van der Waals surface area contributed by atoms with E-state index in [2.05, 4.69) is 58.1 Å². The van der Waals surface area contributed by atoms with E-state index >= 15 is 0 Å². The summed E-state index contributed by atoms with van der Waals surface area (Å²) in [7, 11) is -2.00. The van der Waals surface area contributed by atoms with Gasteiger partial charge in [-0.25, -0.2) is 0 Å². The van der Waals surface area contributed by atoms with Crippen molar-refractivity contribution in [1.82, 2.24) is 0 Å². The van der Waals surface area contributed by atoms with Gasteiger partial charge < -0.3 is 28.1 Å². The summed E-state index contributed by atoms with van der Waals surface area (Å²) in [5, 5.41) is 0.0901. The summed E-state index contributed by atoms with van der Waals surface area (Å²) < 4.78 is 38.8. The predicted molar refractivity (Wildman–Crippen MR) is 142 cm³/mol. The minimum absolute atomic E-state index is 0.000201. The van der Waals surface area contributed by atoms with Crippen molar-refractivity contribution in [1.29, 1.82) is 0 Å². The fourth-order valence-electron chi connectivity index (χ4n) is 4.25. The molecule has 6 nitrogen and oxygen atoms in total. The van der Waals surface area contributed by atoms with E-state index in [1.165, 1.54) is 0 Å². The van der Waals surface area contributed by atoms with Crippen LogP contribution >= 0.6 is 0 Å². The highest BCUT2D eigenvalue weighted by molar-refractivity contribution is 6.74. The van der Waals surface area contributed by atoms with Gasteiger partial charge in [-0.05, 0) is 36.2 Å². The molecule has 0 aromatic heterocycles. The zero-order valence-electron chi connectivity index (χ0n) is 22.6. The van der Waals surface area contributed by atoms with Crippen molar-refractivity contribution in [2.24, 2.45) is 0 Å². The molecule has 198 valence electrons. The minimum atomic E-state index is -2.00. The van der Waals surface area contributed by atoms with E-state index < -0.39 is 20.2 Å². The minimum Gasteiger partial charge on any atom is -0.414 e. The van der Waals surface area contributed by atoms with Gasteiger partial charge in [0.25, 0.3) is 0 Å². The van der Waals surface area contributed by atoms with Gasteiger partial charge in [-0.1, -0.05) is 81.4 Å². The molecule has 0 N–H and O–H groups in total. The third-order valence-electron chi connectivity index (χ3n) is 7.55. The zero-order valence-corrected chi connectivity index (χ0v) is 23.6. The third kappa shape index (κ3) is 6.45. The first kappa shape index (κ1) is 27.5. The Morgan fingerprint density at radius 2 is 1.50 bits per heavy atom. The average Bonchev–Trinajstić information content (AvgIpc) is 3.14. The van der Waals surface area contributed by atoms with E-state index in [0.717, 1.165) is 11.1 Å². The highest BCUT2D eigenvalue weighted by Gasteiger charge is 2.60. The maximum absolute atomic E-state index is 6.65. The largest absolute Gasteiger partial charge is 0.414 e. The standard InChI is InChI=1S/C29H42O6Si/c1-22-17-33-29(21-32-22)27(31-19-24-15-11-8-12-16-24)26(30-18-23-13-9-7-10-14-23)25(35-29)20-34-36(5,6)28(2,3)4/h7-16,22,25-27H,17-21H2,1-6H3/t22?,25-,26-,27+,29-/m1/s1. The maximum Gasteiger partial charge on any atom is 0.222 e. The van der Waals surface area contributed by atoms with Crippen LogP contribution in [0.25, 0.3) is 0 Å². The quantitative estimate of drug-likeness (QED) is 0.400. The molecule has 0 saturated carbocycles. The summed E-state index contributed by atoms with van der Waals surface area (Å²) in [6.45, 7) is 15.2. The maximum atomic E-state index is 6.65. The van der Waals surface area contributed by atoms with E-state index in [1.807, 2.05) is 43.3 Å². The number of ether oxygens (including phenoxy) is 5. The lowest BCUT2D eigenvalue weighted by Gasteiger charge is -2.39. The number of hydrogen-bond donors (Lipinski definition) is 0. The normalized spacial score (nSPS) is 29.1. The molecule has 2 heterocycles. The zero-order chi connectivity index (χ0) is 25.8. The fourth-order valence-corrected chi connectivity index (χ4v) is 5.27. The van der Waals surface area contributed by atoms with Gasteiger partial charge in [0.15, 0.2) is 8.32 Å². The van der Waals surface area contributed by atoms with Crippen LogP contribution in [0.4, 0.5) is 0 Å². The van der Waals surface area contributed by atoms with Crippen LogP contribution in [-0.4, -0.2) is 58.3 Å². The van der Waals surface area contributed by atoms with E-state index in [0.29, 0.717) is 26.4 Å². The van der Waals surface area contributed by atoms with E-state index in [9.17, 15) is 0 Å². The van der Waals surface area contributed by atoms with E-state index in [-0.39, 0.29) is 30.0 Å². The molecule has 0 aliphatic carbocycles. The molecule has 2 saturated heterocycles. The highest BCUT2D eigenvalue weighted by Crippen LogP contribution is 2.42. The topological polar surface area (TPSA) is 55.4 Å². The molecule has 2 aromatic rings. The lowest BCUT2D eigenvalue weighted by Crippen LogP contribution is -2.55. The average molecular weight is 515 g/mol. The Kier molecular flexibility index (Phi) is 8.72. The number of rotatable bonds is 9. The van der Waals surface area contributed by atoms with Crippen molar-refractivity contribution in [3.63, 3.8) is 0 Å². The Bertz CT molecular complexity index is 937. The number of benzene rings is 2. The molecule has 2 aliphatic rings. The van der Waals surface area contributed by atoms with Crippen molar-refractivity contribution in [2.75, 3.05) is 19.8 Å². The lowest BCUT2D eigenvalue weighted by atomic mass is 10.0. The summed E-state index contributed by atoms with van der Waals surface area (Å²) >= 11 is 0. The van der Waals surface area contributed by atoms with Crippen molar-refractivity contribution in [3.8, 4) is 0 Å². The van der Waals surface area contributed by atoms with Crippen molar-refractivity contribution >= 4 is 8.32 Å². The molecular formula is C29H42O6Si. The molecule has 0 radical (unpaired) electrons. The molecule has 1 spiro atoms. The lowest BCUT2D eigenvalue weighted by molar-refractivity contribution is -0.328. The smallest absolute Gasteiger partial charge is 0.222 e. The Balaban J connectivity index is 1.58. The van der Waals surface area contributed by atoms with Gasteiger partial charge in [-0.3, -0.25) is 0 Å². The van der Waals surface area contributed by atoms with Gasteiger partial charge in [-0.2, -0.15) is 0 Å². The van der Waals surface area contributed by atoms with Crippen molar-refractivity contribution in [3.05, 3.63) is 71.8 Å². The Morgan fingerprint density at radius 1 is 0.917 bits per heavy atom. The molecule has 0 amide bonds. The first-order valence-corrected chi connectivity index (χ1v) is 15.9. The van der Waals surface area contributed by atoms with Crippen LogP contribution < -0.4 is 0 Å². The second kappa shape index (κ2) is 11.4. The molecule has 7 heteroatoms. The summed E-state index contributed by atoms with van der Waals surface area (Å²) in [4.78, 5) is 0. The second-order valence-corrected chi connectivity index (χ2v) is 16.3. The monoisotopic (exact) mass is 514 g/mol. The molecule has 1 unspecified atom stereocenters. The number of hydrogen-bond acceptors (Lipinski definition) is 6.